The molecule has 1 unspecified atom stereocenters. The summed E-state index contributed by atoms with van der Waals surface area (Å²) in [7, 11) is 0. The number of anilines is 1. The van der Waals surface area contributed by atoms with E-state index < -0.39 is 0 Å². The van der Waals surface area contributed by atoms with Crippen LogP contribution in [-0.4, -0.2) is 65.2 Å². The molecule has 5 rings (SSSR count). The van der Waals surface area contributed by atoms with Gasteiger partial charge < -0.3 is 19.3 Å². The molecule has 1 amide bonds. The topological polar surface area (TPSA) is 80.7 Å². The average molecular weight is 460 g/mol. The molecule has 176 valence electrons. The van der Waals surface area contributed by atoms with Gasteiger partial charge in [-0.3, -0.25) is 9.78 Å². The third-order valence-corrected chi connectivity index (χ3v) is 6.39. The Kier molecular flexibility index (Phi) is 6.67. The second-order valence-corrected chi connectivity index (χ2v) is 8.74. The van der Waals surface area contributed by atoms with Crippen molar-refractivity contribution in [2.45, 2.75) is 25.7 Å². The first-order valence-corrected chi connectivity index (χ1v) is 11.8. The highest BCUT2D eigenvalue weighted by atomic mass is 16.5. The second-order valence-electron chi connectivity index (χ2n) is 8.74. The predicted molar refractivity (Wildman–Crippen MR) is 128 cm³/mol. The van der Waals surface area contributed by atoms with E-state index in [0.717, 1.165) is 55.3 Å². The number of hydrogen-bond acceptors (Lipinski definition) is 7. The first-order chi connectivity index (χ1) is 16.7. The number of piperidine rings is 1. The van der Waals surface area contributed by atoms with Gasteiger partial charge in [-0.05, 0) is 43.5 Å². The number of aromatic nitrogens is 3. The number of carbonyl (C=O) groups is 1. The predicted octanol–water partition coefficient (Wildman–Crippen LogP) is 3.83. The van der Waals surface area contributed by atoms with E-state index in [0.29, 0.717) is 31.2 Å². The van der Waals surface area contributed by atoms with Gasteiger partial charge in [-0.2, -0.15) is 0 Å². The number of ether oxygens (including phenoxy) is 2. The Morgan fingerprint density at radius 2 is 1.97 bits per heavy atom. The molecule has 8 nitrogen and oxygen atoms in total. The molecule has 2 aliphatic rings. The molecule has 3 aromatic rings. The van der Waals surface area contributed by atoms with Crippen LogP contribution < -0.4 is 9.64 Å². The molecule has 2 saturated heterocycles. The summed E-state index contributed by atoms with van der Waals surface area (Å²) in [4.78, 5) is 31.0. The van der Waals surface area contributed by atoms with E-state index in [1.807, 2.05) is 42.2 Å². The molecule has 2 fully saturated rings. The standard InChI is InChI=1S/C26H29N5O3/c1-19-5-2-3-7-23(19)34-25-17-27-16-22(29-25)21-6-4-10-31(18-21)26(32)20-8-9-28-24(15-20)30-11-13-33-14-12-30/h2-3,5,7-9,15-17,21H,4,6,10-14,18H2,1H3. The third-order valence-electron chi connectivity index (χ3n) is 6.39. The van der Waals surface area contributed by atoms with Crippen LogP contribution in [-0.2, 0) is 4.74 Å². The van der Waals surface area contributed by atoms with Gasteiger partial charge in [0.15, 0.2) is 0 Å². The Morgan fingerprint density at radius 3 is 2.82 bits per heavy atom. The van der Waals surface area contributed by atoms with Crippen molar-refractivity contribution in [2.24, 2.45) is 0 Å². The lowest BCUT2D eigenvalue weighted by atomic mass is 9.94. The van der Waals surface area contributed by atoms with Crippen molar-refractivity contribution in [3.8, 4) is 11.6 Å². The smallest absolute Gasteiger partial charge is 0.254 e. The number of carbonyl (C=O) groups excluding carboxylic acids is 1. The van der Waals surface area contributed by atoms with Crippen molar-refractivity contribution in [1.82, 2.24) is 19.9 Å². The van der Waals surface area contributed by atoms with Crippen LogP contribution in [0.1, 0.15) is 40.4 Å². The number of hydrogen-bond donors (Lipinski definition) is 0. The summed E-state index contributed by atoms with van der Waals surface area (Å²) in [6, 6.07) is 11.5. The van der Waals surface area contributed by atoms with Gasteiger partial charge in [0.25, 0.3) is 5.91 Å². The van der Waals surface area contributed by atoms with E-state index >= 15 is 0 Å². The van der Waals surface area contributed by atoms with Crippen LogP contribution in [0, 0.1) is 6.92 Å². The van der Waals surface area contributed by atoms with Gasteiger partial charge >= 0.3 is 0 Å². The number of likely N-dealkylation sites (tertiary alicyclic amines) is 1. The van der Waals surface area contributed by atoms with Crippen LogP contribution in [0.4, 0.5) is 5.82 Å². The van der Waals surface area contributed by atoms with E-state index in [1.54, 1.807) is 24.7 Å². The van der Waals surface area contributed by atoms with Gasteiger partial charge in [0.2, 0.25) is 5.88 Å². The first kappa shape index (κ1) is 22.3. The number of morpholine rings is 1. The second kappa shape index (κ2) is 10.2. The van der Waals surface area contributed by atoms with E-state index in [2.05, 4.69) is 14.9 Å². The number of nitrogens with zero attached hydrogens (tertiary/aromatic N) is 5. The molecule has 0 saturated carbocycles. The van der Waals surface area contributed by atoms with Crippen molar-refractivity contribution in [2.75, 3.05) is 44.3 Å². The lowest BCUT2D eigenvalue weighted by molar-refractivity contribution is 0.0705. The highest BCUT2D eigenvalue weighted by molar-refractivity contribution is 5.95. The molecule has 8 heteroatoms. The quantitative estimate of drug-likeness (QED) is 0.574. The van der Waals surface area contributed by atoms with Crippen molar-refractivity contribution < 1.29 is 14.3 Å². The number of pyridine rings is 1. The molecular weight excluding hydrogens is 430 g/mol. The Hall–Kier alpha value is -3.52. The largest absolute Gasteiger partial charge is 0.437 e. The molecule has 0 N–H and O–H groups in total. The molecule has 1 aromatic carbocycles. The Balaban J connectivity index is 1.29. The maximum atomic E-state index is 13.4. The number of benzene rings is 1. The summed E-state index contributed by atoms with van der Waals surface area (Å²) >= 11 is 0. The zero-order chi connectivity index (χ0) is 23.3. The summed E-state index contributed by atoms with van der Waals surface area (Å²) in [5.41, 5.74) is 2.56. The van der Waals surface area contributed by atoms with Gasteiger partial charge in [0.05, 0.1) is 25.1 Å². The van der Waals surface area contributed by atoms with Crippen LogP contribution in [0.15, 0.2) is 55.0 Å². The summed E-state index contributed by atoms with van der Waals surface area (Å²) < 4.78 is 11.4. The fourth-order valence-electron chi connectivity index (χ4n) is 4.49. The maximum absolute atomic E-state index is 13.4. The number of aryl methyl sites for hydroxylation is 1. The molecule has 34 heavy (non-hydrogen) atoms. The summed E-state index contributed by atoms with van der Waals surface area (Å²) in [5, 5.41) is 0. The summed E-state index contributed by atoms with van der Waals surface area (Å²) in [5.74, 6) is 2.21. The lowest BCUT2D eigenvalue weighted by Gasteiger charge is -2.33. The van der Waals surface area contributed by atoms with Crippen LogP contribution in [0.2, 0.25) is 0 Å². The van der Waals surface area contributed by atoms with Crippen molar-refractivity contribution >= 4 is 11.7 Å². The lowest BCUT2D eigenvalue weighted by Crippen LogP contribution is -2.40. The summed E-state index contributed by atoms with van der Waals surface area (Å²) in [6.45, 7) is 6.28. The van der Waals surface area contributed by atoms with Gasteiger partial charge in [-0.25, -0.2) is 9.97 Å². The van der Waals surface area contributed by atoms with Gasteiger partial charge in [-0.1, -0.05) is 18.2 Å². The molecule has 2 aromatic heterocycles. The van der Waals surface area contributed by atoms with Gasteiger partial charge in [0.1, 0.15) is 11.6 Å². The maximum Gasteiger partial charge on any atom is 0.254 e. The van der Waals surface area contributed by atoms with Crippen molar-refractivity contribution in [1.29, 1.82) is 0 Å². The molecule has 0 spiro atoms. The Labute approximate surface area is 199 Å². The SMILES string of the molecule is Cc1ccccc1Oc1cncc(C2CCCN(C(=O)c3ccnc(N4CCOCC4)c3)C2)n1. The fourth-order valence-corrected chi connectivity index (χ4v) is 4.49. The minimum absolute atomic E-state index is 0.0295. The van der Waals surface area contributed by atoms with E-state index in [4.69, 9.17) is 14.5 Å². The fraction of sp³-hybridized carbons (Fsp3) is 0.385. The summed E-state index contributed by atoms with van der Waals surface area (Å²) in [6.07, 6.45) is 7.01. The molecule has 4 heterocycles. The first-order valence-electron chi connectivity index (χ1n) is 11.8. The number of amides is 1. The Morgan fingerprint density at radius 1 is 1.12 bits per heavy atom. The number of rotatable bonds is 5. The zero-order valence-corrected chi connectivity index (χ0v) is 19.4. The highest BCUT2D eigenvalue weighted by Crippen LogP contribution is 2.29. The molecule has 2 aliphatic heterocycles. The molecule has 0 radical (unpaired) electrons. The molecule has 0 bridgehead atoms. The normalized spacial score (nSPS) is 18.6. The minimum Gasteiger partial charge on any atom is -0.437 e. The van der Waals surface area contributed by atoms with Gasteiger partial charge in [-0.15, -0.1) is 0 Å². The van der Waals surface area contributed by atoms with Crippen molar-refractivity contribution in [3.05, 3.63) is 71.8 Å². The van der Waals surface area contributed by atoms with Crippen molar-refractivity contribution in [3.63, 3.8) is 0 Å². The molecule has 1 atom stereocenters. The van der Waals surface area contributed by atoms with E-state index in [-0.39, 0.29) is 11.8 Å². The minimum atomic E-state index is 0.0295. The van der Waals surface area contributed by atoms with E-state index in [1.165, 1.54) is 0 Å². The monoisotopic (exact) mass is 459 g/mol. The third kappa shape index (κ3) is 5.02. The van der Waals surface area contributed by atoms with Gasteiger partial charge in [0, 0.05) is 50.1 Å². The van der Waals surface area contributed by atoms with Crippen LogP contribution in [0.5, 0.6) is 11.6 Å². The number of para-hydroxylation sites is 1. The van der Waals surface area contributed by atoms with E-state index in [9.17, 15) is 4.79 Å². The zero-order valence-electron chi connectivity index (χ0n) is 19.4. The average Bonchev–Trinajstić information content (AvgIpc) is 2.90. The van der Waals surface area contributed by atoms with Crippen LogP contribution in [0.3, 0.4) is 0 Å². The van der Waals surface area contributed by atoms with Crippen LogP contribution >= 0.6 is 0 Å². The molecular formula is C26H29N5O3. The highest BCUT2D eigenvalue weighted by Gasteiger charge is 2.27. The van der Waals surface area contributed by atoms with Crippen LogP contribution in [0.25, 0.3) is 0 Å². The molecule has 0 aliphatic carbocycles. The Bertz CT molecular complexity index is 1150.